The number of likely N-dealkylation sites (N-methyl/N-ethyl adjacent to an activating group) is 1. The highest BCUT2D eigenvalue weighted by Gasteiger charge is 2.30. The SMILES string of the molecule is CCC(C)(CC)C(=O)OCCN(C)C. The highest BCUT2D eigenvalue weighted by atomic mass is 16.5. The molecule has 0 aliphatic carbocycles. The van der Waals surface area contributed by atoms with Gasteiger partial charge in [-0.3, -0.25) is 4.79 Å². The van der Waals surface area contributed by atoms with E-state index in [9.17, 15) is 4.79 Å². The average Bonchev–Trinajstić information content (AvgIpc) is 2.15. The summed E-state index contributed by atoms with van der Waals surface area (Å²) in [5.41, 5.74) is -0.299. The van der Waals surface area contributed by atoms with Crippen LogP contribution in [0.25, 0.3) is 0 Å². The van der Waals surface area contributed by atoms with Crippen LogP contribution in [-0.4, -0.2) is 38.1 Å². The average molecular weight is 201 g/mol. The van der Waals surface area contributed by atoms with Crippen LogP contribution >= 0.6 is 0 Å². The summed E-state index contributed by atoms with van der Waals surface area (Å²) in [6, 6.07) is 0. The molecule has 0 radical (unpaired) electrons. The Morgan fingerprint density at radius 1 is 1.29 bits per heavy atom. The van der Waals surface area contributed by atoms with Crippen molar-refractivity contribution in [2.75, 3.05) is 27.2 Å². The molecule has 3 nitrogen and oxygen atoms in total. The predicted octanol–water partition coefficient (Wildman–Crippen LogP) is 1.92. The molecule has 0 rings (SSSR count). The molecule has 0 saturated carbocycles. The standard InChI is InChI=1S/C11H23NO2/c1-6-11(3,7-2)10(13)14-9-8-12(4)5/h6-9H2,1-5H3. The van der Waals surface area contributed by atoms with Crippen LogP contribution in [0.2, 0.25) is 0 Å². The van der Waals surface area contributed by atoms with E-state index in [4.69, 9.17) is 4.74 Å². The molecule has 84 valence electrons. The zero-order chi connectivity index (χ0) is 11.2. The monoisotopic (exact) mass is 201 g/mol. The summed E-state index contributed by atoms with van der Waals surface area (Å²) in [6.07, 6.45) is 1.68. The molecule has 0 amide bonds. The Morgan fingerprint density at radius 2 is 1.79 bits per heavy atom. The molecule has 0 unspecified atom stereocenters. The molecule has 0 spiro atoms. The normalized spacial score (nSPS) is 11.9. The maximum atomic E-state index is 11.7. The Bertz CT molecular complexity index is 174. The van der Waals surface area contributed by atoms with Crippen molar-refractivity contribution in [1.82, 2.24) is 4.90 Å². The van der Waals surface area contributed by atoms with Crippen molar-refractivity contribution in [3.05, 3.63) is 0 Å². The molecule has 0 aromatic heterocycles. The molecular weight excluding hydrogens is 178 g/mol. The molecule has 0 aromatic rings. The Kier molecular flexibility index (Phi) is 5.77. The van der Waals surface area contributed by atoms with E-state index in [1.165, 1.54) is 0 Å². The van der Waals surface area contributed by atoms with Crippen molar-refractivity contribution >= 4 is 5.97 Å². The van der Waals surface area contributed by atoms with E-state index in [1.807, 2.05) is 39.8 Å². The fraction of sp³-hybridized carbons (Fsp3) is 0.909. The summed E-state index contributed by atoms with van der Waals surface area (Å²) in [5, 5.41) is 0. The third-order valence-corrected chi connectivity index (χ3v) is 2.83. The predicted molar refractivity (Wildman–Crippen MR) is 58.2 cm³/mol. The first-order valence-electron chi connectivity index (χ1n) is 5.28. The number of carbonyl (C=O) groups is 1. The van der Waals surface area contributed by atoms with Crippen LogP contribution in [0.15, 0.2) is 0 Å². The minimum absolute atomic E-state index is 0.0654. The first-order chi connectivity index (χ1) is 6.46. The molecule has 0 heterocycles. The summed E-state index contributed by atoms with van der Waals surface area (Å²) in [7, 11) is 3.93. The van der Waals surface area contributed by atoms with E-state index < -0.39 is 0 Å². The van der Waals surface area contributed by atoms with Gasteiger partial charge in [0.15, 0.2) is 0 Å². The number of carbonyl (C=O) groups excluding carboxylic acids is 1. The van der Waals surface area contributed by atoms with Crippen LogP contribution in [0.4, 0.5) is 0 Å². The van der Waals surface area contributed by atoms with Crippen molar-refractivity contribution in [3.63, 3.8) is 0 Å². The number of hydrogen-bond donors (Lipinski definition) is 0. The van der Waals surface area contributed by atoms with Gasteiger partial charge >= 0.3 is 5.97 Å². The van der Waals surface area contributed by atoms with Crippen LogP contribution in [-0.2, 0) is 9.53 Å². The van der Waals surface area contributed by atoms with Crippen molar-refractivity contribution in [2.24, 2.45) is 5.41 Å². The third kappa shape index (κ3) is 4.09. The summed E-state index contributed by atoms with van der Waals surface area (Å²) in [6.45, 7) is 7.29. The third-order valence-electron chi connectivity index (χ3n) is 2.83. The largest absolute Gasteiger partial charge is 0.464 e. The van der Waals surface area contributed by atoms with E-state index in [2.05, 4.69) is 0 Å². The van der Waals surface area contributed by atoms with Gasteiger partial charge in [0.05, 0.1) is 5.41 Å². The Labute approximate surface area is 87.4 Å². The van der Waals surface area contributed by atoms with Gasteiger partial charge in [-0.2, -0.15) is 0 Å². The van der Waals surface area contributed by atoms with Gasteiger partial charge in [0.1, 0.15) is 6.61 Å². The Morgan fingerprint density at radius 3 is 2.14 bits per heavy atom. The summed E-state index contributed by atoms with van der Waals surface area (Å²) in [4.78, 5) is 13.7. The second-order valence-corrected chi connectivity index (χ2v) is 4.21. The van der Waals surface area contributed by atoms with Crippen LogP contribution in [0.3, 0.4) is 0 Å². The first kappa shape index (κ1) is 13.4. The van der Waals surface area contributed by atoms with Gasteiger partial charge in [0.2, 0.25) is 0 Å². The molecule has 14 heavy (non-hydrogen) atoms. The molecular formula is C11H23NO2. The molecule has 0 N–H and O–H groups in total. The van der Waals surface area contributed by atoms with Gasteiger partial charge in [0.25, 0.3) is 0 Å². The number of esters is 1. The van der Waals surface area contributed by atoms with Gasteiger partial charge in [-0.05, 0) is 33.9 Å². The molecule has 0 aliphatic rings. The number of ether oxygens (including phenoxy) is 1. The highest BCUT2D eigenvalue weighted by molar-refractivity contribution is 5.76. The number of hydrogen-bond acceptors (Lipinski definition) is 3. The summed E-state index contributed by atoms with van der Waals surface area (Å²) >= 11 is 0. The molecule has 0 aromatic carbocycles. The van der Waals surface area contributed by atoms with Gasteiger partial charge in [-0.25, -0.2) is 0 Å². The summed E-state index contributed by atoms with van der Waals surface area (Å²) in [5.74, 6) is -0.0654. The van der Waals surface area contributed by atoms with E-state index in [0.717, 1.165) is 19.4 Å². The van der Waals surface area contributed by atoms with Crippen LogP contribution in [0.5, 0.6) is 0 Å². The molecule has 0 aliphatic heterocycles. The van der Waals surface area contributed by atoms with E-state index in [0.29, 0.717) is 6.61 Å². The van der Waals surface area contributed by atoms with Gasteiger partial charge < -0.3 is 9.64 Å². The second kappa shape index (κ2) is 6.02. The molecule has 0 saturated heterocycles. The van der Waals surface area contributed by atoms with E-state index in [-0.39, 0.29) is 11.4 Å². The Balaban J connectivity index is 3.94. The van der Waals surface area contributed by atoms with Gasteiger partial charge in [-0.1, -0.05) is 13.8 Å². The van der Waals surface area contributed by atoms with E-state index in [1.54, 1.807) is 0 Å². The van der Waals surface area contributed by atoms with Crippen molar-refractivity contribution in [2.45, 2.75) is 33.6 Å². The summed E-state index contributed by atoms with van der Waals surface area (Å²) < 4.78 is 5.22. The smallest absolute Gasteiger partial charge is 0.311 e. The van der Waals surface area contributed by atoms with Crippen LogP contribution < -0.4 is 0 Å². The topological polar surface area (TPSA) is 29.5 Å². The minimum atomic E-state index is -0.299. The Hall–Kier alpha value is -0.570. The number of rotatable bonds is 6. The lowest BCUT2D eigenvalue weighted by Gasteiger charge is -2.24. The highest BCUT2D eigenvalue weighted by Crippen LogP contribution is 2.26. The first-order valence-corrected chi connectivity index (χ1v) is 5.28. The van der Waals surface area contributed by atoms with Gasteiger partial charge in [-0.15, -0.1) is 0 Å². The second-order valence-electron chi connectivity index (χ2n) is 4.21. The number of nitrogens with zero attached hydrogens (tertiary/aromatic N) is 1. The maximum Gasteiger partial charge on any atom is 0.311 e. The molecule has 0 fully saturated rings. The van der Waals surface area contributed by atoms with Crippen molar-refractivity contribution in [3.8, 4) is 0 Å². The lowest BCUT2D eigenvalue weighted by molar-refractivity contribution is -0.155. The van der Waals surface area contributed by atoms with Crippen LogP contribution in [0, 0.1) is 5.41 Å². The fourth-order valence-electron chi connectivity index (χ4n) is 1.03. The zero-order valence-corrected chi connectivity index (χ0v) is 10.1. The molecule has 3 heteroatoms. The van der Waals surface area contributed by atoms with E-state index >= 15 is 0 Å². The molecule has 0 bridgehead atoms. The minimum Gasteiger partial charge on any atom is -0.464 e. The fourth-order valence-corrected chi connectivity index (χ4v) is 1.03. The molecule has 0 atom stereocenters. The van der Waals surface area contributed by atoms with Gasteiger partial charge in [0, 0.05) is 6.54 Å². The van der Waals surface area contributed by atoms with Crippen molar-refractivity contribution < 1.29 is 9.53 Å². The zero-order valence-electron chi connectivity index (χ0n) is 10.1. The quantitative estimate of drug-likeness (QED) is 0.615. The van der Waals surface area contributed by atoms with Crippen LogP contribution in [0.1, 0.15) is 33.6 Å². The lowest BCUT2D eigenvalue weighted by atomic mass is 9.85. The van der Waals surface area contributed by atoms with Crippen molar-refractivity contribution in [1.29, 1.82) is 0 Å². The lowest BCUT2D eigenvalue weighted by Crippen LogP contribution is -2.30. The maximum absolute atomic E-state index is 11.7.